The zero-order chi connectivity index (χ0) is 22.3. The van der Waals surface area contributed by atoms with Crippen LogP contribution in [0.4, 0.5) is 0 Å². The summed E-state index contributed by atoms with van der Waals surface area (Å²) in [7, 11) is 0. The molecule has 0 spiro atoms. The van der Waals surface area contributed by atoms with E-state index in [9.17, 15) is 14.4 Å². The van der Waals surface area contributed by atoms with Crippen LogP contribution in [0.5, 0.6) is 0 Å². The topological polar surface area (TPSA) is 139 Å². The van der Waals surface area contributed by atoms with E-state index in [-0.39, 0.29) is 28.9 Å². The van der Waals surface area contributed by atoms with Gasteiger partial charge in [0.15, 0.2) is 5.69 Å². The molecule has 3 aromatic heterocycles. The maximum absolute atomic E-state index is 12.7. The number of aromatic nitrogens is 3. The molecule has 4 rings (SSSR count). The summed E-state index contributed by atoms with van der Waals surface area (Å²) in [6, 6.07) is -1.42. The lowest BCUT2D eigenvalue weighted by atomic mass is 10.3. The molecule has 31 heavy (non-hydrogen) atoms. The van der Waals surface area contributed by atoms with Gasteiger partial charge in [-0.25, -0.2) is 15.0 Å². The number of oxazole rings is 1. The van der Waals surface area contributed by atoms with Gasteiger partial charge in [-0.3, -0.25) is 14.4 Å². The average Bonchev–Trinajstić information content (AvgIpc) is 3.46. The van der Waals surface area contributed by atoms with E-state index < -0.39 is 29.9 Å². The van der Waals surface area contributed by atoms with Crippen LogP contribution in [0.3, 0.4) is 0 Å². The summed E-state index contributed by atoms with van der Waals surface area (Å²) in [5.41, 5.74) is 0.598. The van der Waals surface area contributed by atoms with Gasteiger partial charge in [-0.1, -0.05) is 0 Å². The molecule has 10 nitrogen and oxygen atoms in total. The molecule has 0 saturated carbocycles. The lowest BCUT2D eigenvalue weighted by Crippen LogP contribution is -2.30. The Hall–Kier alpha value is -3.12. The number of nitrogens with one attached hydrogen (secondary N) is 3. The van der Waals surface area contributed by atoms with Crippen LogP contribution < -0.4 is 16.0 Å². The molecule has 162 valence electrons. The Morgan fingerprint density at radius 1 is 0.774 bits per heavy atom. The van der Waals surface area contributed by atoms with Gasteiger partial charge < -0.3 is 20.4 Å². The van der Waals surface area contributed by atoms with Gasteiger partial charge in [-0.05, 0) is 27.7 Å². The molecule has 3 N–H and O–H groups in total. The summed E-state index contributed by atoms with van der Waals surface area (Å²) in [4.78, 5) is 50.9. The van der Waals surface area contributed by atoms with Gasteiger partial charge in [0.25, 0.3) is 17.7 Å². The van der Waals surface area contributed by atoms with Gasteiger partial charge in [0.05, 0.1) is 12.1 Å². The number of hydrogen-bond donors (Lipinski definition) is 3. The normalized spacial score (nSPS) is 22.2. The first-order valence-electron chi connectivity index (χ1n) is 9.53. The second-order valence-electron chi connectivity index (χ2n) is 7.18. The van der Waals surface area contributed by atoms with E-state index in [1.807, 2.05) is 0 Å². The molecule has 4 heterocycles. The highest BCUT2D eigenvalue weighted by Crippen LogP contribution is 2.23. The number of carbonyl (C=O) groups excluding carboxylic acids is 3. The number of thiazole rings is 2. The molecule has 3 amide bonds. The van der Waals surface area contributed by atoms with E-state index in [2.05, 4.69) is 30.9 Å². The zero-order valence-corrected chi connectivity index (χ0v) is 18.8. The first-order chi connectivity index (χ1) is 14.7. The fraction of sp³-hybridized carbons (Fsp3) is 0.368. The van der Waals surface area contributed by atoms with Crippen LogP contribution in [0.1, 0.15) is 92.0 Å². The number of carbonyl (C=O) groups is 3. The minimum Gasteiger partial charge on any atom is -0.443 e. The maximum atomic E-state index is 12.7. The number of nitrogens with zero attached hydrogens (tertiary/aromatic N) is 3. The van der Waals surface area contributed by atoms with E-state index in [0.717, 1.165) is 0 Å². The molecule has 0 radical (unpaired) electrons. The highest BCUT2D eigenvalue weighted by atomic mass is 32.1. The SMILES string of the molecule is Cc1oc2nc1C(=O)N[C@@H](C)c1nc(cs1)C(=O)N[C@@H](C)c1nc(cs1)C(=O)N[C@H]2C. The molecule has 0 saturated heterocycles. The van der Waals surface area contributed by atoms with Crippen molar-refractivity contribution >= 4 is 40.4 Å². The van der Waals surface area contributed by atoms with Crippen molar-refractivity contribution in [2.24, 2.45) is 0 Å². The Balaban J connectivity index is 1.71. The van der Waals surface area contributed by atoms with Crippen LogP contribution in [-0.4, -0.2) is 32.7 Å². The van der Waals surface area contributed by atoms with E-state index in [1.54, 1.807) is 38.5 Å². The number of aryl methyl sites for hydroxylation is 1. The lowest BCUT2D eigenvalue weighted by molar-refractivity contribution is 0.0924. The summed E-state index contributed by atoms with van der Waals surface area (Å²) >= 11 is 2.55. The minimum atomic E-state index is -0.576. The van der Waals surface area contributed by atoms with Gasteiger partial charge >= 0.3 is 0 Å². The van der Waals surface area contributed by atoms with Gasteiger partial charge in [0, 0.05) is 10.8 Å². The second-order valence-corrected chi connectivity index (χ2v) is 8.96. The zero-order valence-electron chi connectivity index (χ0n) is 17.2. The number of rotatable bonds is 0. The summed E-state index contributed by atoms with van der Waals surface area (Å²) in [6.45, 7) is 6.90. The van der Waals surface area contributed by atoms with E-state index in [1.165, 1.54) is 22.7 Å². The van der Waals surface area contributed by atoms with Crippen LogP contribution in [0.2, 0.25) is 0 Å². The molecule has 12 heteroatoms. The van der Waals surface area contributed by atoms with E-state index >= 15 is 0 Å². The third-order valence-electron chi connectivity index (χ3n) is 4.69. The Labute approximate surface area is 185 Å². The summed E-state index contributed by atoms with van der Waals surface area (Å²) in [5, 5.41) is 12.9. The predicted octanol–water partition coefficient (Wildman–Crippen LogP) is 2.68. The van der Waals surface area contributed by atoms with Crippen molar-refractivity contribution in [1.29, 1.82) is 0 Å². The third-order valence-corrected chi connectivity index (χ3v) is 6.75. The summed E-state index contributed by atoms with van der Waals surface area (Å²) in [6.07, 6.45) is 0. The minimum absolute atomic E-state index is 0.128. The molecule has 0 aliphatic carbocycles. The first-order valence-corrected chi connectivity index (χ1v) is 11.3. The van der Waals surface area contributed by atoms with E-state index in [4.69, 9.17) is 4.42 Å². The molecule has 0 aromatic carbocycles. The Bertz CT molecular complexity index is 1170. The van der Waals surface area contributed by atoms with Crippen LogP contribution in [-0.2, 0) is 0 Å². The Morgan fingerprint density at radius 3 is 1.81 bits per heavy atom. The van der Waals surface area contributed by atoms with Crippen molar-refractivity contribution in [3.05, 3.63) is 49.5 Å². The van der Waals surface area contributed by atoms with Gasteiger partial charge in [-0.2, -0.15) is 0 Å². The van der Waals surface area contributed by atoms with Crippen LogP contribution in [0, 0.1) is 6.92 Å². The molecular formula is C19H20N6O4S2. The number of amides is 3. The Morgan fingerprint density at radius 2 is 1.26 bits per heavy atom. The van der Waals surface area contributed by atoms with Crippen molar-refractivity contribution in [2.75, 3.05) is 0 Å². The highest BCUT2D eigenvalue weighted by molar-refractivity contribution is 7.10. The van der Waals surface area contributed by atoms with Crippen LogP contribution in [0.15, 0.2) is 15.2 Å². The van der Waals surface area contributed by atoms with Gasteiger partial charge in [0.1, 0.15) is 33.2 Å². The van der Waals surface area contributed by atoms with Crippen molar-refractivity contribution < 1.29 is 18.8 Å². The number of hydrogen-bond acceptors (Lipinski definition) is 9. The Kier molecular flexibility index (Phi) is 5.58. The largest absolute Gasteiger partial charge is 0.443 e. The van der Waals surface area contributed by atoms with Gasteiger partial charge in [0.2, 0.25) is 5.89 Å². The van der Waals surface area contributed by atoms with Crippen LogP contribution >= 0.6 is 22.7 Å². The van der Waals surface area contributed by atoms with Crippen molar-refractivity contribution in [3.63, 3.8) is 0 Å². The van der Waals surface area contributed by atoms with E-state index in [0.29, 0.717) is 15.8 Å². The molecule has 0 unspecified atom stereocenters. The standard InChI is InChI=1S/C19H20N6O4S2/c1-7-17-25-13(10(4)29-17)16(28)22-9(3)19-24-12(6-31-19)15(27)21-8(2)18-23-11(5-30-18)14(26)20-7/h5-9H,1-4H3,(H,20,26)(H,21,27)(H,22,28)/t7-,8-,9-/m0/s1. The summed E-state index contributed by atoms with van der Waals surface area (Å²) in [5.74, 6) is -0.644. The first kappa shape index (κ1) is 21.1. The number of fused-ring (bicyclic) bond motifs is 6. The fourth-order valence-electron chi connectivity index (χ4n) is 2.99. The molecule has 3 aromatic rings. The van der Waals surface area contributed by atoms with Crippen molar-refractivity contribution in [1.82, 2.24) is 30.9 Å². The fourth-order valence-corrected chi connectivity index (χ4v) is 4.60. The molecular weight excluding hydrogens is 440 g/mol. The van der Waals surface area contributed by atoms with Crippen molar-refractivity contribution in [3.8, 4) is 0 Å². The highest BCUT2D eigenvalue weighted by Gasteiger charge is 2.26. The van der Waals surface area contributed by atoms with Crippen LogP contribution in [0.25, 0.3) is 0 Å². The molecule has 1 aliphatic rings. The average molecular weight is 461 g/mol. The molecule has 3 atom stereocenters. The second kappa shape index (κ2) is 8.19. The molecule has 0 fully saturated rings. The summed E-state index contributed by atoms with van der Waals surface area (Å²) < 4.78 is 5.62. The third kappa shape index (κ3) is 4.21. The van der Waals surface area contributed by atoms with Gasteiger partial charge in [-0.15, -0.1) is 22.7 Å². The predicted molar refractivity (Wildman–Crippen MR) is 113 cm³/mol. The molecule has 6 bridgehead atoms. The quantitative estimate of drug-likeness (QED) is 0.469. The monoisotopic (exact) mass is 460 g/mol. The lowest BCUT2D eigenvalue weighted by Gasteiger charge is -2.11. The smallest absolute Gasteiger partial charge is 0.274 e. The van der Waals surface area contributed by atoms with Crippen molar-refractivity contribution in [2.45, 2.75) is 45.8 Å². The molecule has 1 aliphatic heterocycles. The maximum Gasteiger partial charge on any atom is 0.274 e.